The number of aromatic hydroxyl groups is 1. The second-order valence-electron chi connectivity index (χ2n) is 3.24. The molecular weight excluding hydrogens is 210 g/mol. The number of nitrogens with zero attached hydrogens (tertiary/aromatic N) is 3. The molecule has 0 fully saturated rings. The number of aryl methyl sites for hydroxylation is 1. The molecule has 6 nitrogen and oxygen atoms in total. The Morgan fingerprint density at radius 3 is 2.75 bits per heavy atom. The molecule has 0 saturated carbocycles. The normalized spacial score (nSPS) is 10.3. The van der Waals surface area contributed by atoms with Gasteiger partial charge in [0.15, 0.2) is 11.5 Å². The van der Waals surface area contributed by atoms with Crippen LogP contribution in [0.1, 0.15) is 16.2 Å². The van der Waals surface area contributed by atoms with Gasteiger partial charge in [0.25, 0.3) is 0 Å². The molecule has 0 unspecified atom stereocenters. The third-order valence-corrected chi connectivity index (χ3v) is 2.00. The molecule has 82 valence electrons. The smallest absolute Gasteiger partial charge is 0.356 e. The highest BCUT2D eigenvalue weighted by atomic mass is 16.4. The van der Waals surface area contributed by atoms with E-state index in [0.717, 1.165) is 16.4 Å². The second kappa shape index (κ2) is 3.65. The van der Waals surface area contributed by atoms with Gasteiger partial charge in [-0.05, 0) is 19.1 Å². The number of hydrogen-bond acceptors (Lipinski definition) is 4. The van der Waals surface area contributed by atoms with E-state index < -0.39 is 5.97 Å². The first-order chi connectivity index (χ1) is 7.58. The van der Waals surface area contributed by atoms with Gasteiger partial charge in [-0.2, -0.15) is 9.78 Å². The maximum atomic E-state index is 10.7. The minimum absolute atomic E-state index is 0.221. The summed E-state index contributed by atoms with van der Waals surface area (Å²) >= 11 is 0. The zero-order valence-corrected chi connectivity index (χ0v) is 8.45. The molecule has 0 aromatic carbocycles. The van der Waals surface area contributed by atoms with Gasteiger partial charge in [-0.1, -0.05) is 6.07 Å². The van der Waals surface area contributed by atoms with Crippen LogP contribution in [0.15, 0.2) is 24.3 Å². The van der Waals surface area contributed by atoms with Crippen molar-refractivity contribution in [3.63, 3.8) is 0 Å². The number of carbonyl (C=O) groups is 1. The van der Waals surface area contributed by atoms with Crippen LogP contribution >= 0.6 is 0 Å². The lowest BCUT2D eigenvalue weighted by molar-refractivity contribution is 0.0690. The highest BCUT2D eigenvalue weighted by Gasteiger charge is 2.14. The molecule has 2 heterocycles. The maximum Gasteiger partial charge on any atom is 0.356 e. The Labute approximate surface area is 90.8 Å². The van der Waals surface area contributed by atoms with E-state index in [1.54, 1.807) is 25.1 Å². The van der Waals surface area contributed by atoms with E-state index >= 15 is 0 Å². The first-order valence-corrected chi connectivity index (χ1v) is 4.54. The molecule has 0 aliphatic carbocycles. The third kappa shape index (κ3) is 1.72. The molecular formula is C10H9N3O3. The zero-order valence-electron chi connectivity index (χ0n) is 8.45. The van der Waals surface area contributed by atoms with Crippen molar-refractivity contribution >= 4 is 5.97 Å². The van der Waals surface area contributed by atoms with Crippen LogP contribution < -0.4 is 0 Å². The van der Waals surface area contributed by atoms with E-state index in [1.807, 2.05) is 0 Å². The Morgan fingerprint density at radius 1 is 1.44 bits per heavy atom. The van der Waals surface area contributed by atoms with Gasteiger partial charge in [-0.15, -0.1) is 0 Å². The molecule has 6 heteroatoms. The average Bonchev–Trinajstić information content (AvgIpc) is 2.60. The Bertz CT molecular complexity index is 548. The van der Waals surface area contributed by atoms with Crippen molar-refractivity contribution in [3.05, 3.63) is 35.7 Å². The third-order valence-electron chi connectivity index (χ3n) is 2.00. The highest BCUT2D eigenvalue weighted by Crippen LogP contribution is 2.16. The van der Waals surface area contributed by atoms with Crippen LogP contribution in [-0.4, -0.2) is 30.9 Å². The van der Waals surface area contributed by atoms with Crippen molar-refractivity contribution in [2.45, 2.75) is 6.92 Å². The van der Waals surface area contributed by atoms with Crippen molar-refractivity contribution in [2.75, 3.05) is 0 Å². The standard InChI is InChI=1S/C10H9N3O3/c1-6-3-2-4-8(11-6)13-9(14)5-7(12-13)10(15)16/h2-5,14H,1H3,(H,15,16). The van der Waals surface area contributed by atoms with Crippen molar-refractivity contribution in [3.8, 4) is 11.7 Å². The van der Waals surface area contributed by atoms with Gasteiger partial charge in [-0.3, -0.25) is 0 Å². The summed E-state index contributed by atoms with van der Waals surface area (Å²) in [7, 11) is 0. The van der Waals surface area contributed by atoms with E-state index in [2.05, 4.69) is 10.1 Å². The molecule has 0 radical (unpaired) electrons. The summed E-state index contributed by atoms with van der Waals surface area (Å²) in [6, 6.07) is 6.25. The van der Waals surface area contributed by atoms with Crippen molar-refractivity contribution in [1.82, 2.24) is 14.8 Å². The van der Waals surface area contributed by atoms with Crippen LogP contribution in [0, 0.1) is 6.92 Å². The predicted octanol–water partition coefficient (Wildman–Crippen LogP) is 0.980. The zero-order chi connectivity index (χ0) is 11.7. The van der Waals surface area contributed by atoms with Gasteiger partial charge in [0.1, 0.15) is 0 Å². The van der Waals surface area contributed by atoms with E-state index in [0.29, 0.717) is 5.82 Å². The minimum atomic E-state index is -1.19. The lowest BCUT2D eigenvalue weighted by Gasteiger charge is -2.01. The fourth-order valence-electron chi connectivity index (χ4n) is 1.29. The molecule has 2 N–H and O–H groups in total. The van der Waals surface area contributed by atoms with Crippen LogP contribution in [0.4, 0.5) is 0 Å². The number of pyridine rings is 1. The summed E-state index contributed by atoms with van der Waals surface area (Å²) in [5, 5.41) is 22.0. The van der Waals surface area contributed by atoms with E-state index in [-0.39, 0.29) is 11.6 Å². The largest absolute Gasteiger partial charge is 0.493 e. The number of rotatable bonds is 2. The molecule has 0 amide bonds. The summed E-state index contributed by atoms with van der Waals surface area (Å²) < 4.78 is 1.08. The van der Waals surface area contributed by atoms with Gasteiger partial charge in [0.2, 0.25) is 5.88 Å². The Morgan fingerprint density at radius 2 is 2.19 bits per heavy atom. The number of carboxylic acid groups (broad SMARTS) is 1. The quantitative estimate of drug-likeness (QED) is 0.785. The number of aromatic nitrogens is 3. The second-order valence-corrected chi connectivity index (χ2v) is 3.24. The van der Waals surface area contributed by atoms with Crippen LogP contribution in [0.2, 0.25) is 0 Å². The lowest BCUT2D eigenvalue weighted by atomic mass is 10.4. The Hall–Kier alpha value is -2.37. The fourth-order valence-corrected chi connectivity index (χ4v) is 1.29. The van der Waals surface area contributed by atoms with Crippen molar-refractivity contribution in [2.24, 2.45) is 0 Å². The monoisotopic (exact) mass is 219 g/mol. The van der Waals surface area contributed by atoms with E-state index in [1.165, 1.54) is 0 Å². The molecule has 0 spiro atoms. The van der Waals surface area contributed by atoms with E-state index in [9.17, 15) is 9.90 Å². The van der Waals surface area contributed by atoms with Crippen LogP contribution in [0.5, 0.6) is 5.88 Å². The maximum absolute atomic E-state index is 10.7. The van der Waals surface area contributed by atoms with Gasteiger partial charge in [-0.25, -0.2) is 9.78 Å². The van der Waals surface area contributed by atoms with Crippen LogP contribution in [0.25, 0.3) is 5.82 Å². The van der Waals surface area contributed by atoms with Crippen LogP contribution in [-0.2, 0) is 0 Å². The summed E-state index contributed by atoms with van der Waals surface area (Å²) in [5.41, 5.74) is 0.532. The molecule has 16 heavy (non-hydrogen) atoms. The number of hydrogen-bond donors (Lipinski definition) is 2. The molecule has 0 bridgehead atoms. The first kappa shape index (κ1) is 10.2. The Kier molecular flexibility index (Phi) is 2.32. The summed E-state index contributed by atoms with van der Waals surface area (Å²) in [6.45, 7) is 1.79. The molecule has 2 aromatic heterocycles. The average molecular weight is 219 g/mol. The molecule has 2 rings (SSSR count). The minimum Gasteiger partial charge on any atom is -0.493 e. The summed E-state index contributed by atoms with van der Waals surface area (Å²) in [4.78, 5) is 14.8. The van der Waals surface area contributed by atoms with Gasteiger partial charge in [0, 0.05) is 11.8 Å². The van der Waals surface area contributed by atoms with Gasteiger partial charge in [0.05, 0.1) is 0 Å². The predicted molar refractivity (Wildman–Crippen MR) is 54.7 cm³/mol. The molecule has 2 aromatic rings. The van der Waals surface area contributed by atoms with E-state index in [4.69, 9.17) is 5.11 Å². The molecule has 0 saturated heterocycles. The van der Waals surface area contributed by atoms with Gasteiger partial charge >= 0.3 is 5.97 Å². The topological polar surface area (TPSA) is 88.2 Å². The summed E-state index contributed by atoms with van der Waals surface area (Å²) in [6.07, 6.45) is 0. The molecule has 0 aliphatic rings. The SMILES string of the molecule is Cc1cccc(-n2nc(C(=O)O)cc2O)n1. The van der Waals surface area contributed by atoms with Gasteiger partial charge < -0.3 is 10.2 Å². The molecule has 0 atom stereocenters. The number of aromatic carboxylic acids is 1. The fraction of sp³-hybridized carbons (Fsp3) is 0.100. The highest BCUT2D eigenvalue weighted by molar-refractivity contribution is 5.85. The van der Waals surface area contributed by atoms with Crippen LogP contribution in [0.3, 0.4) is 0 Å². The Balaban J connectivity index is 2.52. The van der Waals surface area contributed by atoms with Crippen molar-refractivity contribution < 1.29 is 15.0 Å². The van der Waals surface area contributed by atoms with Crippen molar-refractivity contribution in [1.29, 1.82) is 0 Å². The lowest BCUT2D eigenvalue weighted by Crippen LogP contribution is -2.03. The molecule has 0 aliphatic heterocycles. The first-order valence-electron chi connectivity index (χ1n) is 4.54. The number of carboxylic acids is 1. The summed E-state index contributed by atoms with van der Waals surface area (Å²) in [5.74, 6) is -1.07.